The van der Waals surface area contributed by atoms with Crippen LogP contribution < -0.4 is 9.80 Å². The number of anilines is 2. The Balaban J connectivity index is 1.44. The number of nitrogens with zero attached hydrogens (tertiary/aromatic N) is 2. The van der Waals surface area contributed by atoms with Gasteiger partial charge in [-0.05, 0) is 107 Å². The Kier molecular flexibility index (Phi) is 15.4. The lowest BCUT2D eigenvalue weighted by atomic mass is 9.94. The minimum atomic E-state index is 1.12. The van der Waals surface area contributed by atoms with Crippen LogP contribution in [0.5, 0.6) is 0 Å². The molecule has 0 aliphatic rings. The smallest absolute Gasteiger partial charge is 0.0366 e. The predicted molar refractivity (Wildman–Crippen MR) is 230 cm³/mol. The van der Waals surface area contributed by atoms with Gasteiger partial charge in [-0.25, -0.2) is 0 Å². The molecular weight excluding hydrogens is 629 g/mol. The largest absolute Gasteiger partial charge is 0.372 e. The van der Waals surface area contributed by atoms with Crippen molar-refractivity contribution in [2.45, 2.75) is 79.1 Å². The number of hydrogen-bond donors (Lipinski definition) is 0. The van der Waals surface area contributed by atoms with Gasteiger partial charge in [0.1, 0.15) is 0 Å². The summed E-state index contributed by atoms with van der Waals surface area (Å²) in [5.41, 5.74) is 12.4. The van der Waals surface area contributed by atoms with E-state index in [2.05, 4.69) is 183 Å². The second-order valence-electron chi connectivity index (χ2n) is 14.0. The predicted octanol–water partition coefficient (Wildman–Crippen LogP) is 13.7. The van der Waals surface area contributed by atoms with E-state index in [0.717, 1.165) is 26.2 Å². The first-order valence-electron chi connectivity index (χ1n) is 20.0. The molecule has 0 amide bonds. The van der Waals surface area contributed by atoms with Crippen molar-refractivity contribution in [3.05, 3.63) is 167 Å². The highest BCUT2D eigenvalue weighted by Crippen LogP contribution is 2.31. The zero-order valence-corrected chi connectivity index (χ0v) is 32.2. The molecule has 0 N–H and O–H groups in total. The summed E-state index contributed by atoms with van der Waals surface area (Å²) in [5.74, 6) is 0. The molecule has 5 aromatic carbocycles. The van der Waals surface area contributed by atoms with Gasteiger partial charge in [-0.2, -0.15) is 0 Å². The Morgan fingerprint density at radius 3 is 0.942 bits per heavy atom. The molecule has 2 nitrogen and oxygen atoms in total. The Bertz CT molecular complexity index is 1630. The van der Waals surface area contributed by atoms with E-state index in [-0.39, 0.29) is 0 Å². The van der Waals surface area contributed by atoms with Crippen molar-refractivity contribution in [2.75, 3.05) is 36.0 Å². The molecule has 0 atom stereocenters. The molecule has 2 heteroatoms. The molecule has 0 fully saturated rings. The summed E-state index contributed by atoms with van der Waals surface area (Å²) in [5, 5.41) is 0. The maximum Gasteiger partial charge on any atom is 0.0366 e. The van der Waals surface area contributed by atoms with Gasteiger partial charge in [-0.3, -0.25) is 0 Å². The van der Waals surface area contributed by atoms with Gasteiger partial charge in [0, 0.05) is 37.6 Å². The maximum absolute atomic E-state index is 2.56. The van der Waals surface area contributed by atoms with Crippen molar-refractivity contribution in [1.29, 1.82) is 0 Å². The third-order valence-corrected chi connectivity index (χ3v) is 9.94. The van der Waals surface area contributed by atoms with Crippen molar-refractivity contribution in [3.63, 3.8) is 0 Å². The van der Waals surface area contributed by atoms with Crippen LogP contribution in [0.15, 0.2) is 133 Å². The van der Waals surface area contributed by atoms with E-state index < -0.39 is 0 Å². The van der Waals surface area contributed by atoms with Gasteiger partial charge in [-0.1, -0.05) is 163 Å². The Morgan fingerprint density at radius 2 is 0.654 bits per heavy atom. The fourth-order valence-corrected chi connectivity index (χ4v) is 6.76. The van der Waals surface area contributed by atoms with Crippen molar-refractivity contribution in [1.82, 2.24) is 0 Å². The van der Waals surface area contributed by atoms with Gasteiger partial charge in [-0.15, -0.1) is 0 Å². The molecule has 0 spiro atoms. The zero-order chi connectivity index (χ0) is 36.4. The molecule has 0 aromatic heterocycles. The van der Waals surface area contributed by atoms with Crippen LogP contribution >= 0.6 is 0 Å². The second-order valence-corrected chi connectivity index (χ2v) is 14.0. The molecule has 5 rings (SSSR count). The Labute approximate surface area is 315 Å². The topological polar surface area (TPSA) is 6.48 Å². The molecule has 270 valence electrons. The van der Waals surface area contributed by atoms with Crippen LogP contribution in [0.25, 0.3) is 23.3 Å². The quantitative estimate of drug-likeness (QED) is 0.0751. The SMILES string of the molecule is CCCCN(CCCC)c1ccc(C(=Cc2ccc(C=C(c3ccccc3)c3ccc(N(CCCC)CCCC)cc3)cc2)c2ccccc2)cc1. The minimum absolute atomic E-state index is 1.12. The monoisotopic (exact) mass is 688 g/mol. The highest BCUT2D eigenvalue weighted by molar-refractivity contribution is 5.93. The minimum Gasteiger partial charge on any atom is -0.372 e. The van der Waals surface area contributed by atoms with E-state index in [1.54, 1.807) is 0 Å². The fraction of sp³-hybridized carbons (Fsp3) is 0.320. The third kappa shape index (κ3) is 11.1. The van der Waals surface area contributed by atoms with Crippen molar-refractivity contribution < 1.29 is 0 Å². The number of rotatable bonds is 20. The van der Waals surface area contributed by atoms with Gasteiger partial charge >= 0.3 is 0 Å². The van der Waals surface area contributed by atoms with Gasteiger partial charge in [0.05, 0.1) is 0 Å². The standard InChI is InChI=1S/C50H60N2/c1-5-9-35-51(36-10-6-2)47-31-27-45(28-32-47)49(43-19-15-13-16-20-43)39-41-23-25-42(26-24-41)40-50(44-21-17-14-18-22-44)46-29-33-48(34-30-46)52(37-11-7-3)38-12-8-4/h13-34,39-40H,5-12,35-38H2,1-4H3. The van der Waals surface area contributed by atoms with E-state index in [1.807, 2.05) is 0 Å². The van der Waals surface area contributed by atoms with Crippen LogP contribution in [0.4, 0.5) is 11.4 Å². The van der Waals surface area contributed by atoms with Gasteiger partial charge in [0.25, 0.3) is 0 Å². The molecule has 0 unspecified atom stereocenters. The summed E-state index contributed by atoms with van der Waals surface area (Å²) in [6, 6.07) is 49.1. The van der Waals surface area contributed by atoms with E-state index >= 15 is 0 Å². The zero-order valence-electron chi connectivity index (χ0n) is 32.2. The van der Waals surface area contributed by atoms with Crippen LogP contribution in [0, 0.1) is 0 Å². The first-order chi connectivity index (χ1) is 25.6. The molecular formula is C50H60N2. The van der Waals surface area contributed by atoms with Crippen LogP contribution in [0.1, 0.15) is 112 Å². The number of unbranched alkanes of at least 4 members (excludes halogenated alkanes) is 4. The highest BCUT2D eigenvalue weighted by Gasteiger charge is 2.11. The fourth-order valence-electron chi connectivity index (χ4n) is 6.76. The first kappa shape index (κ1) is 38.4. The van der Waals surface area contributed by atoms with E-state index in [0.29, 0.717) is 0 Å². The van der Waals surface area contributed by atoms with Gasteiger partial charge < -0.3 is 9.80 Å². The maximum atomic E-state index is 2.56. The average molecular weight is 689 g/mol. The molecule has 0 aliphatic carbocycles. The van der Waals surface area contributed by atoms with E-state index in [1.165, 1.54) is 107 Å². The van der Waals surface area contributed by atoms with E-state index in [9.17, 15) is 0 Å². The van der Waals surface area contributed by atoms with Gasteiger partial charge in [0.15, 0.2) is 0 Å². The molecule has 5 aromatic rings. The van der Waals surface area contributed by atoms with Crippen LogP contribution in [-0.4, -0.2) is 26.2 Å². The lowest BCUT2D eigenvalue weighted by Gasteiger charge is -2.25. The molecule has 0 saturated heterocycles. The lowest BCUT2D eigenvalue weighted by molar-refractivity contribution is 0.678. The molecule has 0 aliphatic heterocycles. The normalized spacial score (nSPS) is 11.8. The van der Waals surface area contributed by atoms with Crippen molar-refractivity contribution in [3.8, 4) is 0 Å². The number of benzene rings is 5. The average Bonchev–Trinajstić information content (AvgIpc) is 3.20. The van der Waals surface area contributed by atoms with Crippen LogP contribution in [-0.2, 0) is 0 Å². The third-order valence-electron chi connectivity index (χ3n) is 9.94. The molecule has 0 bridgehead atoms. The summed E-state index contributed by atoms with van der Waals surface area (Å²) < 4.78 is 0. The molecule has 0 heterocycles. The summed E-state index contributed by atoms with van der Waals surface area (Å²) in [6.45, 7) is 13.6. The number of hydrogen-bond acceptors (Lipinski definition) is 2. The van der Waals surface area contributed by atoms with E-state index in [4.69, 9.17) is 0 Å². The summed E-state index contributed by atoms with van der Waals surface area (Å²) >= 11 is 0. The molecule has 0 saturated carbocycles. The van der Waals surface area contributed by atoms with Gasteiger partial charge in [0.2, 0.25) is 0 Å². The highest BCUT2D eigenvalue weighted by atomic mass is 15.1. The van der Waals surface area contributed by atoms with Crippen molar-refractivity contribution >= 4 is 34.7 Å². The molecule has 0 radical (unpaired) electrons. The first-order valence-corrected chi connectivity index (χ1v) is 20.0. The van der Waals surface area contributed by atoms with Crippen molar-refractivity contribution in [2.24, 2.45) is 0 Å². The van der Waals surface area contributed by atoms with Crippen LogP contribution in [0.3, 0.4) is 0 Å². The van der Waals surface area contributed by atoms with Crippen LogP contribution in [0.2, 0.25) is 0 Å². The summed E-state index contributed by atoms with van der Waals surface area (Å²) in [7, 11) is 0. The Morgan fingerprint density at radius 1 is 0.365 bits per heavy atom. The Hall–Kier alpha value is -4.82. The molecule has 52 heavy (non-hydrogen) atoms. The summed E-state index contributed by atoms with van der Waals surface area (Å²) in [6.07, 6.45) is 14.4. The summed E-state index contributed by atoms with van der Waals surface area (Å²) in [4.78, 5) is 5.12. The lowest BCUT2D eigenvalue weighted by Crippen LogP contribution is -2.25. The second kappa shape index (κ2) is 20.9.